The van der Waals surface area contributed by atoms with Crippen LogP contribution in [0, 0.1) is 0 Å². The second-order valence-corrected chi connectivity index (χ2v) is 6.48. The Hall–Kier alpha value is -3.68. The summed E-state index contributed by atoms with van der Waals surface area (Å²) in [6.45, 7) is 3.80. The molecule has 0 atom stereocenters. The van der Waals surface area contributed by atoms with E-state index in [0.29, 0.717) is 28.3 Å². The van der Waals surface area contributed by atoms with E-state index in [9.17, 15) is 9.59 Å². The van der Waals surface area contributed by atoms with Crippen molar-refractivity contribution in [2.45, 2.75) is 19.9 Å². The van der Waals surface area contributed by atoms with Crippen molar-refractivity contribution in [3.05, 3.63) is 58.6 Å². The number of pyridine rings is 1. The minimum atomic E-state index is -0.782. The first-order valence-electron chi connectivity index (χ1n) is 8.66. The van der Waals surface area contributed by atoms with Crippen molar-refractivity contribution in [2.75, 3.05) is 12.8 Å². The minimum Gasteiger partial charge on any atom is -0.496 e. The highest BCUT2D eigenvalue weighted by Crippen LogP contribution is 2.35. The number of nitrogens with two attached hydrogens (primary N) is 2. The molecule has 0 saturated carbocycles. The van der Waals surface area contributed by atoms with Gasteiger partial charge in [0.1, 0.15) is 11.4 Å². The summed E-state index contributed by atoms with van der Waals surface area (Å²) in [7, 11) is 1.55. The summed E-state index contributed by atoms with van der Waals surface area (Å²) in [6.07, 6.45) is 1.68. The summed E-state index contributed by atoms with van der Waals surface area (Å²) in [6, 6.07) is 10.3. The SMILES string of the molecule is COc1ccccc1-c1nc(N)c(C(N)=O)nc1-c1ccc(=O)n(C(C)C)c1. The lowest BCUT2D eigenvalue weighted by molar-refractivity contribution is 0.0996. The molecule has 0 unspecified atom stereocenters. The van der Waals surface area contributed by atoms with Crippen molar-refractivity contribution < 1.29 is 9.53 Å². The number of nitrogens with zero attached hydrogens (tertiary/aromatic N) is 3. The van der Waals surface area contributed by atoms with Crippen LogP contribution >= 0.6 is 0 Å². The fourth-order valence-electron chi connectivity index (χ4n) is 2.91. The van der Waals surface area contributed by atoms with Crippen LogP contribution in [0.1, 0.15) is 30.4 Å². The number of hydrogen-bond acceptors (Lipinski definition) is 6. The third-order valence-electron chi connectivity index (χ3n) is 4.29. The zero-order valence-electron chi connectivity index (χ0n) is 15.8. The molecule has 3 rings (SSSR count). The van der Waals surface area contributed by atoms with Crippen LogP contribution in [-0.4, -0.2) is 27.6 Å². The van der Waals surface area contributed by atoms with Crippen molar-refractivity contribution in [1.29, 1.82) is 0 Å². The van der Waals surface area contributed by atoms with Gasteiger partial charge in [0.05, 0.1) is 12.8 Å². The number of benzene rings is 1. The Morgan fingerprint density at radius 3 is 2.46 bits per heavy atom. The van der Waals surface area contributed by atoms with Crippen LogP contribution in [0.2, 0.25) is 0 Å². The fourth-order valence-corrected chi connectivity index (χ4v) is 2.91. The lowest BCUT2D eigenvalue weighted by Crippen LogP contribution is -2.21. The molecule has 0 aliphatic rings. The number of carbonyl (C=O) groups excluding carboxylic acids is 1. The number of carbonyl (C=O) groups is 1. The number of hydrogen-bond donors (Lipinski definition) is 2. The topological polar surface area (TPSA) is 126 Å². The van der Waals surface area contributed by atoms with Gasteiger partial charge in [-0.3, -0.25) is 9.59 Å². The highest BCUT2D eigenvalue weighted by Gasteiger charge is 2.21. The zero-order chi connectivity index (χ0) is 20.4. The first-order valence-corrected chi connectivity index (χ1v) is 8.66. The molecule has 8 heteroatoms. The van der Waals surface area contributed by atoms with E-state index in [1.165, 1.54) is 6.07 Å². The van der Waals surface area contributed by atoms with E-state index in [4.69, 9.17) is 16.2 Å². The van der Waals surface area contributed by atoms with E-state index in [1.807, 2.05) is 32.0 Å². The van der Waals surface area contributed by atoms with Gasteiger partial charge < -0.3 is 20.8 Å². The van der Waals surface area contributed by atoms with E-state index in [1.54, 1.807) is 30.0 Å². The predicted octanol–water partition coefficient (Wildman–Crippen LogP) is 2.24. The summed E-state index contributed by atoms with van der Waals surface area (Å²) in [5, 5.41) is 0. The summed E-state index contributed by atoms with van der Waals surface area (Å²) in [4.78, 5) is 32.7. The van der Waals surface area contributed by atoms with Crippen LogP contribution < -0.4 is 21.8 Å². The van der Waals surface area contributed by atoms with Gasteiger partial charge in [0.2, 0.25) is 0 Å². The number of ether oxygens (including phenoxy) is 1. The Morgan fingerprint density at radius 2 is 1.82 bits per heavy atom. The minimum absolute atomic E-state index is 0.0560. The number of rotatable bonds is 5. The summed E-state index contributed by atoms with van der Waals surface area (Å²) >= 11 is 0. The molecule has 144 valence electrons. The van der Waals surface area contributed by atoms with Crippen LogP contribution in [0.25, 0.3) is 22.5 Å². The summed E-state index contributed by atoms with van der Waals surface area (Å²) in [5.74, 6) is -0.286. The molecule has 8 nitrogen and oxygen atoms in total. The molecule has 0 spiro atoms. The first kappa shape index (κ1) is 19.1. The molecular weight excluding hydrogens is 358 g/mol. The Kier molecular flexibility index (Phi) is 5.12. The molecule has 0 aliphatic carbocycles. The Bertz CT molecular complexity index is 1110. The Morgan fingerprint density at radius 1 is 1.11 bits per heavy atom. The maximum absolute atomic E-state index is 12.1. The van der Waals surface area contributed by atoms with Crippen LogP contribution in [0.15, 0.2) is 47.4 Å². The van der Waals surface area contributed by atoms with Crippen molar-refractivity contribution in [1.82, 2.24) is 14.5 Å². The number of amides is 1. The number of para-hydroxylation sites is 1. The van der Waals surface area contributed by atoms with Gasteiger partial charge in [0, 0.05) is 29.4 Å². The zero-order valence-corrected chi connectivity index (χ0v) is 15.8. The van der Waals surface area contributed by atoms with Gasteiger partial charge in [-0.25, -0.2) is 9.97 Å². The molecule has 1 aromatic carbocycles. The van der Waals surface area contributed by atoms with E-state index >= 15 is 0 Å². The number of nitrogen functional groups attached to an aromatic ring is 1. The van der Waals surface area contributed by atoms with Gasteiger partial charge in [-0.1, -0.05) is 12.1 Å². The molecule has 0 radical (unpaired) electrons. The molecule has 28 heavy (non-hydrogen) atoms. The maximum atomic E-state index is 12.1. The number of anilines is 1. The van der Waals surface area contributed by atoms with E-state index in [0.717, 1.165) is 0 Å². The Balaban J connectivity index is 2.36. The van der Waals surface area contributed by atoms with Crippen molar-refractivity contribution in [3.8, 4) is 28.3 Å². The highest BCUT2D eigenvalue weighted by atomic mass is 16.5. The first-order chi connectivity index (χ1) is 13.3. The van der Waals surface area contributed by atoms with Crippen LogP contribution in [0.3, 0.4) is 0 Å². The molecule has 0 fully saturated rings. The largest absolute Gasteiger partial charge is 0.496 e. The highest BCUT2D eigenvalue weighted by molar-refractivity contribution is 5.97. The third-order valence-corrected chi connectivity index (χ3v) is 4.29. The van der Waals surface area contributed by atoms with Crippen molar-refractivity contribution >= 4 is 11.7 Å². The van der Waals surface area contributed by atoms with Crippen molar-refractivity contribution in [3.63, 3.8) is 0 Å². The average Bonchev–Trinajstić information content (AvgIpc) is 2.67. The van der Waals surface area contributed by atoms with Crippen molar-refractivity contribution in [2.24, 2.45) is 5.73 Å². The molecule has 0 bridgehead atoms. The normalized spacial score (nSPS) is 10.9. The molecule has 0 saturated heterocycles. The predicted molar refractivity (Wildman–Crippen MR) is 107 cm³/mol. The van der Waals surface area contributed by atoms with Gasteiger partial charge in [0.15, 0.2) is 11.5 Å². The average molecular weight is 379 g/mol. The van der Waals surface area contributed by atoms with E-state index < -0.39 is 5.91 Å². The van der Waals surface area contributed by atoms with Gasteiger partial charge >= 0.3 is 0 Å². The van der Waals surface area contributed by atoms with Gasteiger partial charge in [-0.15, -0.1) is 0 Å². The van der Waals surface area contributed by atoms with Gasteiger partial charge in [0.25, 0.3) is 11.5 Å². The van der Waals surface area contributed by atoms with E-state index in [-0.39, 0.29) is 23.1 Å². The quantitative estimate of drug-likeness (QED) is 0.700. The molecule has 2 aromatic heterocycles. The number of aromatic nitrogens is 3. The Labute approximate surface area is 161 Å². The lowest BCUT2D eigenvalue weighted by Gasteiger charge is -2.16. The lowest BCUT2D eigenvalue weighted by atomic mass is 10.0. The molecule has 4 N–H and O–H groups in total. The van der Waals surface area contributed by atoms with Crippen LogP contribution in [-0.2, 0) is 0 Å². The number of primary amides is 1. The second-order valence-electron chi connectivity index (χ2n) is 6.48. The monoisotopic (exact) mass is 379 g/mol. The third kappa shape index (κ3) is 3.44. The fraction of sp³-hybridized carbons (Fsp3) is 0.200. The van der Waals surface area contributed by atoms with Gasteiger partial charge in [-0.05, 0) is 32.0 Å². The number of methoxy groups -OCH3 is 1. The maximum Gasteiger partial charge on any atom is 0.271 e. The molecular formula is C20H21N5O3. The molecule has 2 heterocycles. The van der Waals surface area contributed by atoms with Gasteiger partial charge in [-0.2, -0.15) is 0 Å². The summed E-state index contributed by atoms with van der Waals surface area (Å²) in [5.41, 5.74) is 13.1. The van der Waals surface area contributed by atoms with Crippen LogP contribution in [0.5, 0.6) is 5.75 Å². The summed E-state index contributed by atoms with van der Waals surface area (Å²) < 4.78 is 7.01. The molecule has 3 aromatic rings. The van der Waals surface area contributed by atoms with E-state index in [2.05, 4.69) is 9.97 Å². The molecule has 1 amide bonds. The smallest absolute Gasteiger partial charge is 0.271 e. The van der Waals surface area contributed by atoms with Crippen LogP contribution in [0.4, 0.5) is 5.82 Å². The molecule has 0 aliphatic heterocycles. The second kappa shape index (κ2) is 7.51. The standard InChI is InChI=1S/C20H21N5O3/c1-11(2)25-10-12(8-9-15(25)26)16-17(13-6-4-5-7-14(13)28-3)24-19(21)18(23-16)20(22)27/h4-11H,1-3H3,(H2,21,24)(H2,22,27).